The van der Waals surface area contributed by atoms with Crippen LogP contribution < -0.4 is 5.32 Å². The van der Waals surface area contributed by atoms with Gasteiger partial charge in [-0.1, -0.05) is 6.92 Å². The number of aryl methyl sites for hydroxylation is 1. The highest BCUT2D eigenvalue weighted by Crippen LogP contribution is 2.35. The van der Waals surface area contributed by atoms with Crippen molar-refractivity contribution < 1.29 is 32.3 Å². The van der Waals surface area contributed by atoms with Crippen LogP contribution in [0.25, 0.3) is 0 Å². The van der Waals surface area contributed by atoms with Gasteiger partial charge in [0.2, 0.25) is 0 Å². The molecule has 0 radical (unpaired) electrons. The number of nitrogens with zero attached hydrogens (tertiary/aromatic N) is 1. The first-order chi connectivity index (χ1) is 15.0. The third-order valence-corrected chi connectivity index (χ3v) is 5.89. The van der Waals surface area contributed by atoms with Crippen LogP contribution in [-0.4, -0.2) is 40.5 Å². The number of anilines is 1. The molecule has 0 saturated carbocycles. The topological polar surface area (TPSA) is 69.6 Å². The minimum atomic E-state index is -4.20. The fourth-order valence-electron chi connectivity index (χ4n) is 3.63. The van der Waals surface area contributed by atoms with Gasteiger partial charge >= 0.3 is 5.92 Å². The molecule has 2 aromatic rings. The summed E-state index contributed by atoms with van der Waals surface area (Å²) < 4.78 is 57.6. The Morgan fingerprint density at radius 2 is 1.72 bits per heavy atom. The van der Waals surface area contributed by atoms with Gasteiger partial charge in [-0.3, -0.25) is 9.59 Å². The molecule has 1 fully saturated rings. The lowest BCUT2D eigenvalue weighted by molar-refractivity contribution is -0.163. The lowest BCUT2D eigenvalue weighted by atomic mass is 9.88. The molecule has 9 heteroatoms. The van der Waals surface area contributed by atoms with Crippen LogP contribution in [0.15, 0.2) is 36.4 Å². The summed E-state index contributed by atoms with van der Waals surface area (Å²) in [7, 11) is 0. The van der Waals surface area contributed by atoms with Crippen molar-refractivity contribution in [1.82, 2.24) is 4.90 Å². The number of carbonyl (C=O) groups excluding carboxylic acids is 2. The summed E-state index contributed by atoms with van der Waals surface area (Å²) in [5.41, 5.74) is -1.99. The molecule has 172 valence electrons. The van der Waals surface area contributed by atoms with Crippen LogP contribution >= 0.6 is 0 Å². The lowest BCUT2D eigenvalue weighted by Gasteiger charge is -2.38. The number of nitrogens with one attached hydrogen (secondary N) is 1. The van der Waals surface area contributed by atoms with E-state index < -0.39 is 40.5 Å². The maximum atomic E-state index is 15.0. The van der Waals surface area contributed by atoms with Crippen LogP contribution in [-0.2, 0) is 10.7 Å². The van der Waals surface area contributed by atoms with E-state index in [4.69, 9.17) is 0 Å². The monoisotopic (exact) mass is 452 g/mol. The number of piperidine rings is 1. The van der Waals surface area contributed by atoms with Gasteiger partial charge in [-0.2, -0.15) is 8.78 Å². The third kappa shape index (κ3) is 4.77. The van der Waals surface area contributed by atoms with E-state index in [-0.39, 0.29) is 42.7 Å². The lowest BCUT2D eigenvalue weighted by Crippen LogP contribution is -2.50. The van der Waals surface area contributed by atoms with E-state index in [1.807, 2.05) is 0 Å². The molecule has 2 amide bonds. The van der Waals surface area contributed by atoms with Crippen molar-refractivity contribution >= 4 is 17.5 Å². The number of aliphatic hydroxyl groups is 1. The number of carbonyl (C=O) groups is 2. The second-order valence-corrected chi connectivity index (χ2v) is 8.06. The first kappa shape index (κ1) is 23.7. The van der Waals surface area contributed by atoms with Crippen LogP contribution in [0.2, 0.25) is 0 Å². The van der Waals surface area contributed by atoms with Gasteiger partial charge in [0.25, 0.3) is 11.8 Å². The van der Waals surface area contributed by atoms with Crippen molar-refractivity contribution in [3.8, 4) is 0 Å². The first-order valence-corrected chi connectivity index (χ1v) is 10.2. The molecule has 5 nitrogen and oxygen atoms in total. The predicted octanol–water partition coefficient (Wildman–Crippen LogP) is 4.38. The molecule has 2 aromatic carbocycles. The van der Waals surface area contributed by atoms with E-state index in [0.29, 0.717) is 18.6 Å². The molecular formula is C23H24F4N2O3. The van der Waals surface area contributed by atoms with Crippen LogP contribution in [0.3, 0.4) is 0 Å². The highest BCUT2D eigenvalue weighted by Gasteiger charge is 2.47. The number of rotatable bonds is 5. The van der Waals surface area contributed by atoms with E-state index in [1.165, 1.54) is 19.1 Å². The smallest absolute Gasteiger partial charge is 0.352 e. The standard InChI is InChI=1S/C23H24F4N2O3/c1-3-22(32)8-10-29(11-9-22)21(31)23(26,27)17-13-15(4-6-19(17)25)20(30)28-16-5-7-18(24)14(2)12-16/h4-7,12-13,32H,3,8-11H2,1-2H3,(H,28,30). The van der Waals surface area contributed by atoms with Gasteiger partial charge in [-0.15, -0.1) is 0 Å². The second-order valence-electron chi connectivity index (χ2n) is 8.06. The van der Waals surface area contributed by atoms with E-state index in [2.05, 4.69) is 5.32 Å². The van der Waals surface area contributed by atoms with Crippen LogP contribution in [0, 0.1) is 18.6 Å². The van der Waals surface area contributed by atoms with E-state index in [1.54, 1.807) is 6.92 Å². The Bertz CT molecular complexity index is 1030. The van der Waals surface area contributed by atoms with Crippen molar-refractivity contribution in [2.24, 2.45) is 0 Å². The third-order valence-electron chi connectivity index (χ3n) is 5.89. The number of hydrogen-bond donors (Lipinski definition) is 2. The summed E-state index contributed by atoms with van der Waals surface area (Å²) in [5.74, 6) is -8.39. The van der Waals surface area contributed by atoms with Crippen LogP contribution in [0.5, 0.6) is 0 Å². The zero-order valence-electron chi connectivity index (χ0n) is 17.7. The largest absolute Gasteiger partial charge is 0.390 e. The normalized spacial score (nSPS) is 16.0. The summed E-state index contributed by atoms with van der Waals surface area (Å²) >= 11 is 0. The van der Waals surface area contributed by atoms with Crippen molar-refractivity contribution in [2.75, 3.05) is 18.4 Å². The molecule has 1 aliphatic heterocycles. The molecule has 32 heavy (non-hydrogen) atoms. The molecule has 1 saturated heterocycles. The Kier molecular flexibility index (Phi) is 6.59. The number of alkyl halides is 2. The van der Waals surface area contributed by atoms with Crippen molar-refractivity contribution in [3.63, 3.8) is 0 Å². The molecule has 0 aromatic heterocycles. The molecule has 3 rings (SSSR count). The Morgan fingerprint density at radius 3 is 2.31 bits per heavy atom. The zero-order chi connectivity index (χ0) is 23.7. The fraction of sp³-hybridized carbons (Fsp3) is 0.391. The average Bonchev–Trinajstić information content (AvgIpc) is 2.76. The van der Waals surface area contributed by atoms with Gasteiger partial charge < -0.3 is 15.3 Å². The number of halogens is 4. The van der Waals surface area contributed by atoms with Gasteiger partial charge in [0.15, 0.2) is 0 Å². The van der Waals surface area contributed by atoms with Gasteiger partial charge in [0.1, 0.15) is 11.6 Å². The zero-order valence-corrected chi connectivity index (χ0v) is 17.7. The SMILES string of the molecule is CCC1(O)CCN(C(=O)C(F)(F)c2cc(C(=O)Nc3ccc(F)c(C)c3)ccc2F)CC1. The molecule has 2 N–H and O–H groups in total. The van der Waals surface area contributed by atoms with Crippen LogP contribution in [0.4, 0.5) is 23.2 Å². The predicted molar refractivity (Wildman–Crippen MR) is 110 cm³/mol. The van der Waals surface area contributed by atoms with E-state index >= 15 is 0 Å². The van der Waals surface area contributed by atoms with Crippen molar-refractivity contribution in [1.29, 1.82) is 0 Å². The molecule has 0 aliphatic carbocycles. The van der Waals surface area contributed by atoms with Gasteiger partial charge in [-0.25, -0.2) is 8.78 Å². The summed E-state index contributed by atoms with van der Waals surface area (Å²) in [4.78, 5) is 25.9. The number of amides is 2. The maximum Gasteiger partial charge on any atom is 0.352 e. The van der Waals surface area contributed by atoms with Crippen molar-refractivity contribution in [3.05, 3.63) is 64.7 Å². The Morgan fingerprint density at radius 1 is 1.09 bits per heavy atom. The Hall–Kier alpha value is -2.94. The number of hydrogen-bond acceptors (Lipinski definition) is 3. The molecule has 1 aliphatic rings. The average molecular weight is 452 g/mol. The summed E-state index contributed by atoms with van der Waals surface area (Å²) in [6, 6.07) is 6.18. The maximum absolute atomic E-state index is 15.0. The highest BCUT2D eigenvalue weighted by molar-refractivity contribution is 6.04. The minimum Gasteiger partial charge on any atom is -0.390 e. The summed E-state index contributed by atoms with van der Waals surface area (Å²) in [5, 5.41) is 12.7. The molecule has 0 unspecified atom stereocenters. The van der Waals surface area contributed by atoms with Gasteiger partial charge in [-0.05, 0) is 68.1 Å². The molecular weight excluding hydrogens is 428 g/mol. The molecule has 0 spiro atoms. The minimum absolute atomic E-state index is 0.0789. The number of benzene rings is 2. The fourth-order valence-corrected chi connectivity index (χ4v) is 3.63. The Balaban J connectivity index is 1.81. The number of likely N-dealkylation sites (tertiary alicyclic amines) is 1. The van der Waals surface area contributed by atoms with Gasteiger partial charge in [0.05, 0.1) is 11.2 Å². The summed E-state index contributed by atoms with van der Waals surface area (Å²) in [6.07, 6.45) is 0.728. The highest BCUT2D eigenvalue weighted by atomic mass is 19.3. The van der Waals surface area contributed by atoms with Gasteiger partial charge in [0, 0.05) is 24.3 Å². The van der Waals surface area contributed by atoms with E-state index in [9.17, 15) is 32.3 Å². The molecule has 0 atom stereocenters. The van der Waals surface area contributed by atoms with E-state index in [0.717, 1.165) is 17.0 Å². The van der Waals surface area contributed by atoms with Crippen LogP contribution in [0.1, 0.15) is 47.7 Å². The van der Waals surface area contributed by atoms with Crippen molar-refractivity contribution in [2.45, 2.75) is 44.6 Å². The molecule has 0 bridgehead atoms. The Labute approximate surface area is 183 Å². The quantitative estimate of drug-likeness (QED) is 0.662. The second kappa shape index (κ2) is 8.90. The summed E-state index contributed by atoms with van der Waals surface area (Å²) in [6.45, 7) is 3.11. The molecule has 1 heterocycles. The first-order valence-electron chi connectivity index (χ1n) is 10.2.